The zero-order valence-electron chi connectivity index (χ0n) is 15.6. The van der Waals surface area contributed by atoms with Gasteiger partial charge in [0.25, 0.3) is 5.91 Å². The zero-order valence-corrected chi connectivity index (χ0v) is 15.6. The highest BCUT2D eigenvalue weighted by Gasteiger charge is 2.36. The number of nitrogens with one attached hydrogen (secondary N) is 1. The Labute approximate surface area is 153 Å². The number of pyridine rings is 1. The van der Waals surface area contributed by atoms with E-state index in [0.717, 1.165) is 31.4 Å². The predicted octanol–water partition coefficient (Wildman–Crippen LogP) is 1.62. The molecule has 1 fully saturated rings. The van der Waals surface area contributed by atoms with E-state index in [0.29, 0.717) is 29.6 Å². The lowest BCUT2D eigenvalue weighted by Crippen LogP contribution is -2.37. The van der Waals surface area contributed by atoms with Gasteiger partial charge in [0.2, 0.25) is 11.8 Å². The molecule has 0 bridgehead atoms. The Balaban J connectivity index is 1.77. The summed E-state index contributed by atoms with van der Waals surface area (Å²) in [5.41, 5.74) is 1.96. The normalized spacial score (nSPS) is 18.3. The fourth-order valence-electron chi connectivity index (χ4n) is 3.67. The number of ether oxygens (including phenoxy) is 1. The van der Waals surface area contributed by atoms with Gasteiger partial charge in [0.1, 0.15) is 6.10 Å². The summed E-state index contributed by atoms with van der Waals surface area (Å²) in [6.45, 7) is 4.23. The van der Waals surface area contributed by atoms with E-state index in [2.05, 4.69) is 10.3 Å². The van der Waals surface area contributed by atoms with Crippen LogP contribution in [-0.2, 0) is 17.9 Å². The minimum atomic E-state index is -1.07. The number of amides is 2. The van der Waals surface area contributed by atoms with Crippen LogP contribution < -0.4 is 10.1 Å². The zero-order chi connectivity index (χ0) is 18.8. The van der Waals surface area contributed by atoms with E-state index in [-0.39, 0.29) is 18.4 Å². The van der Waals surface area contributed by atoms with Gasteiger partial charge in [-0.2, -0.15) is 0 Å². The first kappa shape index (κ1) is 18.6. The van der Waals surface area contributed by atoms with Crippen LogP contribution in [0.1, 0.15) is 61.1 Å². The second-order valence-corrected chi connectivity index (χ2v) is 7.43. The summed E-state index contributed by atoms with van der Waals surface area (Å²) in [5.74, 6) is -0.195. The van der Waals surface area contributed by atoms with Gasteiger partial charge in [0.15, 0.2) is 0 Å². The Morgan fingerprint density at radius 3 is 2.73 bits per heavy atom. The summed E-state index contributed by atoms with van der Waals surface area (Å²) in [6, 6.07) is 2.06. The molecule has 0 radical (unpaired) electrons. The summed E-state index contributed by atoms with van der Waals surface area (Å²) in [4.78, 5) is 31.2. The Morgan fingerprint density at radius 2 is 2.12 bits per heavy atom. The van der Waals surface area contributed by atoms with Gasteiger partial charge >= 0.3 is 0 Å². The van der Waals surface area contributed by atoms with Crippen molar-refractivity contribution >= 4 is 11.8 Å². The predicted molar refractivity (Wildman–Crippen MR) is 95.6 cm³/mol. The molecule has 1 saturated carbocycles. The third-order valence-electron chi connectivity index (χ3n) is 5.26. The van der Waals surface area contributed by atoms with Gasteiger partial charge in [-0.25, -0.2) is 4.98 Å². The van der Waals surface area contributed by atoms with Gasteiger partial charge in [-0.1, -0.05) is 26.7 Å². The first-order chi connectivity index (χ1) is 12.4. The summed E-state index contributed by atoms with van der Waals surface area (Å²) in [6.07, 6.45) is 3.36. The number of aromatic nitrogens is 1. The third-order valence-corrected chi connectivity index (χ3v) is 5.26. The van der Waals surface area contributed by atoms with Gasteiger partial charge in [0.05, 0.1) is 24.9 Å². The van der Waals surface area contributed by atoms with Crippen molar-refractivity contribution in [3.63, 3.8) is 0 Å². The summed E-state index contributed by atoms with van der Waals surface area (Å²) in [5, 5.41) is 12.5. The van der Waals surface area contributed by atoms with Crippen LogP contribution in [0.2, 0.25) is 0 Å². The lowest BCUT2D eigenvalue weighted by atomic mass is 10.1. The molecular weight excluding hydrogens is 334 g/mol. The van der Waals surface area contributed by atoms with Crippen molar-refractivity contribution in [2.24, 2.45) is 5.92 Å². The molecule has 0 saturated heterocycles. The Bertz CT molecular complexity index is 698. The number of aliphatic hydroxyl groups is 1. The monoisotopic (exact) mass is 361 g/mol. The second kappa shape index (κ2) is 7.61. The number of carbonyl (C=O) groups is 2. The highest BCUT2D eigenvalue weighted by molar-refractivity contribution is 5.98. The highest BCUT2D eigenvalue weighted by Crippen LogP contribution is 2.33. The maximum atomic E-state index is 12.8. The topological polar surface area (TPSA) is 91.8 Å². The van der Waals surface area contributed by atoms with Crippen LogP contribution in [0.15, 0.2) is 6.07 Å². The SMILES string of the molecule is COc1nc2c(cc1CNC(=O)C(O)C(C)C)C(=O)N(C1CCCC1)C2. The summed E-state index contributed by atoms with van der Waals surface area (Å²) < 4.78 is 5.35. The Morgan fingerprint density at radius 1 is 1.42 bits per heavy atom. The number of carbonyl (C=O) groups excluding carboxylic acids is 2. The lowest BCUT2D eigenvalue weighted by Gasteiger charge is -2.22. The fraction of sp³-hybridized carbons (Fsp3) is 0.632. The van der Waals surface area contributed by atoms with Crippen molar-refractivity contribution in [2.45, 2.75) is 64.8 Å². The van der Waals surface area contributed by atoms with Gasteiger partial charge in [-0.3, -0.25) is 9.59 Å². The number of hydrogen-bond donors (Lipinski definition) is 2. The molecule has 0 spiro atoms. The highest BCUT2D eigenvalue weighted by atomic mass is 16.5. The molecule has 0 aromatic carbocycles. The van der Waals surface area contributed by atoms with Crippen LogP contribution in [0, 0.1) is 5.92 Å². The van der Waals surface area contributed by atoms with Crippen LogP contribution in [0.3, 0.4) is 0 Å². The van der Waals surface area contributed by atoms with Gasteiger partial charge in [-0.15, -0.1) is 0 Å². The Kier molecular flexibility index (Phi) is 5.46. The number of nitrogens with zero attached hydrogens (tertiary/aromatic N) is 2. The molecular formula is C19H27N3O4. The smallest absolute Gasteiger partial charge is 0.256 e. The average Bonchev–Trinajstić information content (AvgIpc) is 3.26. The molecule has 2 N–H and O–H groups in total. The second-order valence-electron chi connectivity index (χ2n) is 7.43. The molecule has 1 unspecified atom stereocenters. The maximum absolute atomic E-state index is 12.8. The average molecular weight is 361 g/mol. The number of methoxy groups -OCH3 is 1. The van der Waals surface area contributed by atoms with Crippen molar-refractivity contribution in [1.29, 1.82) is 0 Å². The van der Waals surface area contributed by atoms with E-state index >= 15 is 0 Å². The maximum Gasteiger partial charge on any atom is 0.256 e. The van der Waals surface area contributed by atoms with E-state index < -0.39 is 12.0 Å². The molecule has 142 valence electrons. The van der Waals surface area contributed by atoms with E-state index in [9.17, 15) is 14.7 Å². The van der Waals surface area contributed by atoms with E-state index in [1.54, 1.807) is 19.9 Å². The van der Waals surface area contributed by atoms with E-state index in [1.165, 1.54) is 7.11 Å². The van der Waals surface area contributed by atoms with Gasteiger partial charge in [-0.05, 0) is 24.8 Å². The van der Waals surface area contributed by atoms with Crippen LogP contribution in [-0.4, -0.2) is 46.1 Å². The van der Waals surface area contributed by atoms with E-state index in [1.807, 2.05) is 4.90 Å². The van der Waals surface area contributed by atoms with Gasteiger partial charge < -0.3 is 20.1 Å². The number of fused-ring (bicyclic) bond motifs is 1. The molecule has 26 heavy (non-hydrogen) atoms. The molecule has 7 nitrogen and oxygen atoms in total. The summed E-state index contributed by atoms with van der Waals surface area (Å²) >= 11 is 0. The first-order valence-electron chi connectivity index (χ1n) is 9.26. The van der Waals surface area contributed by atoms with Crippen molar-refractivity contribution in [3.05, 3.63) is 22.9 Å². The Hall–Kier alpha value is -2.15. The minimum Gasteiger partial charge on any atom is -0.481 e. The molecule has 2 amide bonds. The van der Waals surface area contributed by atoms with Crippen molar-refractivity contribution in [3.8, 4) is 5.88 Å². The van der Waals surface area contributed by atoms with Crippen LogP contribution in [0.5, 0.6) is 5.88 Å². The third kappa shape index (κ3) is 3.53. The van der Waals surface area contributed by atoms with Crippen molar-refractivity contribution in [2.75, 3.05) is 7.11 Å². The molecule has 2 aliphatic rings. The van der Waals surface area contributed by atoms with Crippen molar-refractivity contribution in [1.82, 2.24) is 15.2 Å². The largest absolute Gasteiger partial charge is 0.481 e. The fourth-order valence-corrected chi connectivity index (χ4v) is 3.67. The van der Waals surface area contributed by atoms with E-state index in [4.69, 9.17) is 4.74 Å². The number of hydrogen-bond acceptors (Lipinski definition) is 5. The van der Waals surface area contributed by atoms with Crippen LogP contribution in [0.25, 0.3) is 0 Å². The van der Waals surface area contributed by atoms with Crippen LogP contribution >= 0.6 is 0 Å². The number of rotatable bonds is 6. The molecule has 7 heteroatoms. The quantitative estimate of drug-likeness (QED) is 0.803. The van der Waals surface area contributed by atoms with Crippen LogP contribution in [0.4, 0.5) is 0 Å². The lowest BCUT2D eigenvalue weighted by molar-refractivity contribution is -0.131. The number of aliphatic hydroxyl groups excluding tert-OH is 1. The molecule has 1 aromatic rings. The summed E-state index contributed by atoms with van der Waals surface area (Å²) in [7, 11) is 1.52. The molecule has 1 aromatic heterocycles. The molecule has 2 heterocycles. The molecule has 1 atom stereocenters. The van der Waals surface area contributed by atoms with Gasteiger partial charge in [0, 0.05) is 18.2 Å². The van der Waals surface area contributed by atoms with Crippen molar-refractivity contribution < 1.29 is 19.4 Å². The standard InChI is InChI=1S/C19H27N3O4/c1-11(2)16(23)17(24)20-9-12-8-14-15(21-18(12)26-3)10-22(19(14)25)13-6-4-5-7-13/h8,11,13,16,23H,4-7,9-10H2,1-3H3,(H,20,24). The first-order valence-corrected chi connectivity index (χ1v) is 9.26. The minimum absolute atomic E-state index is 0.0110. The molecule has 1 aliphatic carbocycles. The molecule has 3 rings (SSSR count). The molecule has 1 aliphatic heterocycles.